The molecule has 4 aromatic rings. The van der Waals surface area contributed by atoms with Crippen molar-refractivity contribution in [3.63, 3.8) is 0 Å². The molecule has 5 rings (SSSR count). The van der Waals surface area contributed by atoms with Gasteiger partial charge >= 0.3 is 0 Å². The number of nitrogens with one attached hydrogen (secondary N) is 1. The van der Waals surface area contributed by atoms with Crippen LogP contribution in [0, 0.1) is 11.3 Å². The Morgan fingerprint density at radius 3 is 2.50 bits per heavy atom. The number of hydrogen-bond donors (Lipinski definition) is 1. The van der Waals surface area contributed by atoms with Crippen molar-refractivity contribution in [1.82, 2.24) is 9.88 Å². The van der Waals surface area contributed by atoms with Gasteiger partial charge in [-0.2, -0.15) is 5.26 Å². The predicted molar refractivity (Wildman–Crippen MR) is 150 cm³/mol. The first-order valence-corrected chi connectivity index (χ1v) is 12.8. The van der Waals surface area contributed by atoms with Crippen LogP contribution in [0.3, 0.4) is 0 Å². The molecule has 0 atom stereocenters. The van der Waals surface area contributed by atoms with Crippen molar-refractivity contribution in [2.45, 2.75) is 0 Å². The lowest BCUT2D eigenvalue weighted by Gasteiger charge is -2.26. The minimum atomic E-state index is 0.372. The van der Waals surface area contributed by atoms with Crippen molar-refractivity contribution >= 4 is 56.3 Å². The highest BCUT2D eigenvalue weighted by atomic mass is 35.5. The number of pyridine rings is 1. The lowest BCUT2D eigenvalue weighted by Crippen LogP contribution is -2.38. The molecule has 8 nitrogen and oxygen atoms in total. The predicted octanol–water partition coefficient (Wildman–Crippen LogP) is 6.04. The number of aromatic nitrogens is 1. The van der Waals surface area contributed by atoms with E-state index in [1.807, 2.05) is 24.3 Å². The molecule has 0 spiro atoms. The average Bonchev–Trinajstić information content (AvgIpc) is 2.94. The summed E-state index contributed by atoms with van der Waals surface area (Å²) in [5.41, 5.74) is 2.21. The molecule has 0 radical (unpaired) electrons. The Balaban J connectivity index is 1.52. The highest BCUT2D eigenvalue weighted by molar-refractivity contribution is 6.37. The van der Waals surface area contributed by atoms with Crippen LogP contribution in [0.4, 0.5) is 11.4 Å². The topological polar surface area (TPSA) is 88.9 Å². The summed E-state index contributed by atoms with van der Waals surface area (Å²) in [5.74, 6) is 1.77. The van der Waals surface area contributed by atoms with Crippen LogP contribution in [0.5, 0.6) is 17.2 Å². The Labute approximate surface area is 230 Å². The van der Waals surface area contributed by atoms with Crippen molar-refractivity contribution in [1.29, 1.82) is 5.26 Å². The maximum Gasteiger partial charge on any atom is 0.168 e. The first kappa shape index (κ1) is 26.1. The average molecular weight is 553 g/mol. The smallest absolute Gasteiger partial charge is 0.168 e. The molecule has 1 N–H and O–H groups in total. The number of anilines is 2. The number of nitrogens with zero attached hydrogens (tertiary/aromatic N) is 3. The summed E-state index contributed by atoms with van der Waals surface area (Å²) in [6.45, 7) is 4.67. The fourth-order valence-electron chi connectivity index (χ4n) is 4.59. The van der Waals surface area contributed by atoms with Gasteiger partial charge in [-0.3, -0.25) is 9.88 Å². The molecule has 0 amide bonds. The van der Waals surface area contributed by atoms with E-state index < -0.39 is 0 Å². The van der Waals surface area contributed by atoms with E-state index in [0.717, 1.165) is 49.0 Å². The van der Waals surface area contributed by atoms with Crippen molar-refractivity contribution in [3.05, 3.63) is 58.2 Å². The third kappa shape index (κ3) is 5.11. The monoisotopic (exact) mass is 552 g/mol. The van der Waals surface area contributed by atoms with Gasteiger partial charge in [0.25, 0.3) is 0 Å². The van der Waals surface area contributed by atoms with Gasteiger partial charge in [0, 0.05) is 48.1 Å². The molecule has 0 saturated carbocycles. The quantitative estimate of drug-likeness (QED) is 0.265. The highest BCUT2D eigenvalue weighted by Crippen LogP contribution is 2.42. The van der Waals surface area contributed by atoms with Crippen LogP contribution in [0.2, 0.25) is 10.0 Å². The number of ether oxygens (including phenoxy) is 4. The fourth-order valence-corrected chi connectivity index (χ4v) is 5.10. The van der Waals surface area contributed by atoms with Crippen molar-refractivity contribution in [2.75, 3.05) is 59.0 Å². The van der Waals surface area contributed by atoms with Crippen LogP contribution >= 0.6 is 23.2 Å². The molecular weight excluding hydrogens is 527 g/mol. The van der Waals surface area contributed by atoms with Crippen molar-refractivity contribution in [2.24, 2.45) is 0 Å². The molecule has 1 aliphatic heterocycles. The molecule has 0 unspecified atom stereocenters. The number of rotatable bonds is 8. The summed E-state index contributed by atoms with van der Waals surface area (Å²) in [6, 6.07) is 13.2. The number of methoxy groups -OCH3 is 2. The molecule has 2 heterocycles. The molecule has 0 aliphatic carbocycles. The molecular formula is C28H26Cl2N4O4. The van der Waals surface area contributed by atoms with Gasteiger partial charge < -0.3 is 24.3 Å². The third-order valence-corrected chi connectivity index (χ3v) is 7.15. The molecule has 3 aromatic carbocycles. The van der Waals surface area contributed by atoms with E-state index >= 15 is 0 Å². The fraction of sp³-hybridized carbons (Fsp3) is 0.286. The van der Waals surface area contributed by atoms with E-state index in [-0.39, 0.29) is 0 Å². The molecule has 196 valence electrons. The standard InChI is InChI=1S/C28H26Cl2N4O4/c1-35-25-14-23(21(29)13-22(25)30)33-26-17(15-31)16-32-27-18-5-6-24(28(36-2)19(18)3-4-20(26)27)38-12-9-34-7-10-37-11-8-34/h3-6,13-14,16H,7-12H2,1-2H3,(H,32,33). The SMILES string of the molecule is COc1cc(Nc2c(C#N)cnc3c2ccc2c(OC)c(OCCN4CCOCC4)ccc23)c(Cl)cc1Cl. The van der Waals surface area contributed by atoms with Crippen LogP contribution in [0.15, 0.2) is 42.6 Å². The number of hydrogen-bond acceptors (Lipinski definition) is 8. The number of fused-ring (bicyclic) bond motifs is 3. The minimum Gasteiger partial charge on any atom is -0.495 e. The molecule has 38 heavy (non-hydrogen) atoms. The number of morpholine rings is 1. The van der Waals surface area contributed by atoms with Crippen LogP contribution < -0.4 is 19.5 Å². The Morgan fingerprint density at radius 2 is 1.76 bits per heavy atom. The Kier molecular flexibility index (Phi) is 7.91. The van der Waals surface area contributed by atoms with E-state index in [9.17, 15) is 5.26 Å². The van der Waals surface area contributed by atoms with Gasteiger partial charge in [-0.1, -0.05) is 23.2 Å². The van der Waals surface area contributed by atoms with Crippen LogP contribution in [-0.2, 0) is 4.74 Å². The maximum absolute atomic E-state index is 9.82. The van der Waals surface area contributed by atoms with Gasteiger partial charge in [-0.25, -0.2) is 0 Å². The van der Waals surface area contributed by atoms with Gasteiger partial charge in [0.05, 0.1) is 59.9 Å². The summed E-state index contributed by atoms with van der Waals surface area (Å²) >= 11 is 12.7. The molecule has 0 bridgehead atoms. The lowest BCUT2D eigenvalue weighted by atomic mass is 10.0. The van der Waals surface area contributed by atoms with Gasteiger partial charge in [-0.05, 0) is 30.3 Å². The maximum atomic E-state index is 9.82. The minimum absolute atomic E-state index is 0.372. The zero-order chi connectivity index (χ0) is 26.6. The summed E-state index contributed by atoms with van der Waals surface area (Å²) in [7, 11) is 3.16. The molecule has 1 fully saturated rings. The Morgan fingerprint density at radius 1 is 1.00 bits per heavy atom. The van der Waals surface area contributed by atoms with E-state index in [1.165, 1.54) is 7.11 Å². The second kappa shape index (κ2) is 11.5. The normalized spacial score (nSPS) is 13.9. The number of halogens is 2. The lowest BCUT2D eigenvalue weighted by molar-refractivity contribution is 0.0321. The van der Waals surface area contributed by atoms with Gasteiger partial charge in [0.2, 0.25) is 0 Å². The molecule has 10 heteroatoms. The summed E-state index contributed by atoms with van der Waals surface area (Å²) in [5, 5.41) is 16.4. The summed E-state index contributed by atoms with van der Waals surface area (Å²) < 4.78 is 22.6. The zero-order valence-electron chi connectivity index (χ0n) is 21.0. The Bertz CT molecular complexity index is 1530. The van der Waals surface area contributed by atoms with E-state index in [4.69, 9.17) is 42.1 Å². The third-order valence-electron chi connectivity index (χ3n) is 6.54. The van der Waals surface area contributed by atoms with E-state index in [1.54, 1.807) is 25.4 Å². The molecule has 1 aliphatic rings. The first-order valence-electron chi connectivity index (χ1n) is 12.1. The largest absolute Gasteiger partial charge is 0.495 e. The van der Waals surface area contributed by atoms with Crippen molar-refractivity contribution in [3.8, 4) is 23.3 Å². The molecule has 1 aromatic heterocycles. The number of benzene rings is 3. The van der Waals surface area contributed by atoms with E-state index in [0.29, 0.717) is 56.4 Å². The molecule has 1 saturated heterocycles. The van der Waals surface area contributed by atoms with Crippen LogP contribution in [0.1, 0.15) is 5.56 Å². The second-order valence-corrected chi connectivity index (χ2v) is 9.52. The highest BCUT2D eigenvalue weighted by Gasteiger charge is 2.18. The summed E-state index contributed by atoms with van der Waals surface area (Å²) in [6.07, 6.45) is 1.55. The van der Waals surface area contributed by atoms with Gasteiger partial charge in [-0.15, -0.1) is 0 Å². The van der Waals surface area contributed by atoms with Gasteiger partial charge in [0.1, 0.15) is 18.4 Å². The van der Waals surface area contributed by atoms with Crippen LogP contribution in [0.25, 0.3) is 21.7 Å². The van der Waals surface area contributed by atoms with Crippen molar-refractivity contribution < 1.29 is 18.9 Å². The number of nitriles is 1. The Hall–Kier alpha value is -3.48. The van der Waals surface area contributed by atoms with Gasteiger partial charge in [0.15, 0.2) is 11.5 Å². The second-order valence-electron chi connectivity index (χ2n) is 8.71. The zero-order valence-corrected chi connectivity index (χ0v) is 22.5. The van der Waals surface area contributed by atoms with Crippen LogP contribution in [-0.4, -0.2) is 63.6 Å². The summed E-state index contributed by atoms with van der Waals surface area (Å²) in [4.78, 5) is 6.94. The van der Waals surface area contributed by atoms with E-state index in [2.05, 4.69) is 21.3 Å². The first-order chi connectivity index (χ1) is 18.5.